The fourth-order valence-electron chi connectivity index (χ4n) is 4.35. The Morgan fingerprint density at radius 3 is 2.85 bits per heavy atom. The standard InChI is InChI=1S/C23H24N2OS/c1-4-26-19-9-10-21-20(15-19)22(2,3)23(25(21)13-14-27-23)12-11-17-7-5-6-8-18(17)16-24/h5-12,15H,4,13-14H2,1-3H3/b12-11+. The van der Waals surface area contributed by atoms with Gasteiger partial charge in [0.05, 0.1) is 18.2 Å². The molecule has 2 aliphatic rings. The van der Waals surface area contributed by atoms with Crippen LogP contribution in [-0.2, 0) is 5.41 Å². The maximum absolute atomic E-state index is 9.41. The van der Waals surface area contributed by atoms with Crippen LogP contribution in [0.3, 0.4) is 0 Å². The summed E-state index contributed by atoms with van der Waals surface area (Å²) in [5, 5.41) is 9.41. The van der Waals surface area contributed by atoms with Crippen LogP contribution in [0.4, 0.5) is 5.69 Å². The minimum Gasteiger partial charge on any atom is -0.494 e. The summed E-state index contributed by atoms with van der Waals surface area (Å²) >= 11 is 1.99. The molecule has 2 heterocycles. The molecule has 0 aliphatic carbocycles. The van der Waals surface area contributed by atoms with E-state index < -0.39 is 0 Å². The lowest BCUT2D eigenvalue weighted by molar-refractivity contribution is 0.339. The van der Waals surface area contributed by atoms with Crippen LogP contribution in [0.5, 0.6) is 5.75 Å². The van der Waals surface area contributed by atoms with E-state index in [4.69, 9.17) is 4.74 Å². The van der Waals surface area contributed by atoms with E-state index in [1.807, 2.05) is 43.0 Å². The van der Waals surface area contributed by atoms with Crippen LogP contribution < -0.4 is 9.64 Å². The smallest absolute Gasteiger partial charge is 0.119 e. The van der Waals surface area contributed by atoms with Crippen molar-refractivity contribution in [3.05, 3.63) is 65.2 Å². The van der Waals surface area contributed by atoms with Gasteiger partial charge >= 0.3 is 0 Å². The highest BCUT2D eigenvalue weighted by Gasteiger charge is 2.58. The molecule has 1 saturated heterocycles. The molecule has 1 fully saturated rings. The van der Waals surface area contributed by atoms with Gasteiger partial charge in [0, 0.05) is 23.4 Å². The molecule has 0 bridgehead atoms. The SMILES string of the molecule is CCOc1ccc2c(c1)C(C)(C)C1(/C=C/c3ccccc3C#N)SCCN21. The second-order valence-electron chi connectivity index (χ2n) is 7.47. The van der Waals surface area contributed by atoms with Gasteiger partial charge in [0.2, 0.25) is 0 Å². The van der Waals surface area contributed by atoms with Gasteiger partial charge < -0.3 is 9.64 Å². The van der Waals surface area contributed by atoms with Gasteiger partial charge in [0.1, 0.15) is 10.6 Å². The maximum atomic E-state index is 9.41. The monoisotopic (exact) mass is 376 g/mol. The summed E-state index contributed by atoms with van der Waals surface area (Å²) in [6, 6.07) is 16.6. The Balaban J connectivity index is 1.79. The number of nitrogens with zero attached hydrogens (tertiary/aromatic N) is 2. The fraction of sp³-hybridized carbons (Fsp3) is 0.348. The summed E-state index contributed by atoms with van der Waals surface area (Å²) in [7, 11) is 0. The molecule has 4 heteroatoms. The molecular formula is C23H24N2OS. The maximum Gasteiger partial charge on any atom is 0.119 e. The number of hydrogen-bond acceptors (Lipinski definition) is 4. The van der Waals surface area contributed by atoms with E-state index in [1.165, 1.54) is 11.3 Å². The number of ether oxygens (including phenoxy) is 1. The summed E-state index contributed by atoms with van der Waals surface area (Å²) in [5.74, 6) is 2.03. The first-order chi connectivity index (χ1) is 13.0. The van der Waals surface area contributed by atoms with Crippen molar-refractivity contribution in [1.82, 2.24) is 0 Å². The summed E-state index contributed by atoms with van der Waals surface area (Å²) in [4.78, 5) is 2.37. The van der Waals surface area contributed by atoms with Gasteiger partial charge in [0.15, 0.2) is 0 Å². The van der Waals surface area contributed by atoms with Crippen molar-refractivity contribution in [2.45, 2.75) is 31.1 Å². The van der Waals surface area contributed by atoms with Gasteiger partial charge in [-0.15, -0.1) is 11.8 Å². The van der Waals surface area contributed by atoms with Crippen LogP contribution in [0.15, 0.2) is 48.5 Å². The van der Waals surface area contributed by atoms with Crippen molar-refractivity contribution < 1.29 is 4.74 Å². The number of hydrogen-bond donors (Lipinski definition) is 0. The highest BCUT2D eigenvalue weighted by Crippen LogP contribution is 2.60. The van der Waals surface area contributed by atoms with Crippen LogP contribution in [0, 0.1) is 11.3 Å². The van der Waals surface area contributed by atoms with Gasteiger partial charge in [-0.3, -0.25) is 0 Å². The normalized spacial score (nSPS) is 22.5. The second-order valence-corrected chi connectivity index (χ2v) is 8.79. The van der Waals surface area contributed by atoms with E-state index in [-0.39, 0.29) is 10.3 Å². The lowest BCUT2D eigenvalue weighted by atomic mass is 9.79. The molecule has 0 amide bonds. The molecule has 0 radical (unpaired) electrons. The van der Waals surface area contributed by atoms with E-state index in [2.05, 4.69) is 55.2 Å². The number of fused-ring (bicyclic) bond motifs is 3. The molecule has 1 unspecified atom stereocenters. The van der Waals surface area contributed by atoms with Crippen molar-refractivity contribution in [2.24, 2.45) is 0 Å². The van der Waals surface area contributed by atoms with Crippen molar-refractivity contribution >= 4 is 23.5 Å². The number of thioether (sulfide) groups is 1. The highest BCUT2D eigenvalue weighted by molar-refractivity contribution is 8.01. The minimum atomic E-state index is -0.150. The van der Waals surface area contributed by atoms with Gasteiger partial charge in [-0.2, -0.15) is 5.26 Å². The third kappa shape index (κ3) is 2.64. The zero-order valence-corrected chi connectivity index (χ0v) is 16.8. The van der Waals surface area contributed by atoms with Gasteiger partial charge in [-0.25, -0.2) is 0 Å². The molecule has 1 atom stereocenters. The lowest BCUT2D eigenvalue weighted by Gasteiger charge is -2.40. The highest BCUT2D eigenvalue weighted by atomic mass is 32.2. The Kier molecular flexibility index (Phi) is 4.44. The predicted octanol–water partition coefficient (Wildman–Crippen LogP) is 5.21. The van der Waals surface area contributed by atoms with Gasteiger partial charge in [-0.05, 0) is 48.4 Å². The summed E-state index contributed by atoms with van der Waals surface area (Å²) in [5.41, 5.74) is 4.25. The molecule has 0 spiro atoms. The third-order valence-electron chi connectivity index (χ3n) is 5.75. The molecule has 0 saturated carbocycles. The molecule has 4 rings (SSSR count). The number of anilines is 1. The molecule has 138 valence electrons. The van der Waals surface area contributed by atoms with Crippen LogP contribution in [0.2, 0.25) is 0 Å². The van der Waals surface area contributed by atoms with Crippen LogP contribution in [0.25, 0.3) is 6.08 Å². The largest absolute Gasteiger partial charge is 0.494 e. The number of nitriles is 1. The topological polar surface area (TPSA) is 36.3 Å². The molecular weight excluding hydrogens is 352 g/mol. The van der Waals surface area contributed by atoms with E-state index in [1.54, 1.807) is 0 Å². The zero-order valence-electron chi connectivity index (χ0n) is 16.0. The van der Waals surface area contributed by atoms with Gasteiger partial charge in [0.25, 0.3) is 0 Å². The van der Waals surface area contributed by atoms with Crippen molar-refractivity contribution in [3.63, 3.8) is 0 Å². The Bertz CT molecular complexity index is 944. The first-order valence-corrected chi connectivity index (χ1v) is 10.4. The Labute approximate surface area is 165 Å². The average Bonchev–Trinajstić information content (AvgIpc) is 3.18. The molecule has 3 nitrogen and oxygen atoms in total. The summed E-state index contributed by atoms with van der Waals surface area (Å²) < 4.78 is 5.76. The number of rotatable bonds is 4. The Hall–Kier alpha value is -2.38. The summed E-state index contributed by atoms with van der Waals surface area (Å²) in [6.45, 7) is 8.36. The minimum absolute atomic E-state index is 0.0747. The van der Waals surface area contributed by atoms with Crippen LogP contribution in [-0.4, -0.2) is 23.8 Å². The number of benzene rings is 2. The van der Waals surface area contributed by atoms with Crippen molar-refractivity contribution in [2.75, 3.05) is 23.8 Å². The van der Waals surface area contributed by atoms with E-state index in [0.717, 1.165) is 23.6 Å². The Morgan fingerprint density at radius 1 is 1.26 bits per heavy atom. The van der Waals surface area contributed by atoms with Crippen LogP contribution in [0.1, 0.15) is 37.5 Å². The molecule has 2 aromatic carbocycles. The van der Waals surface area contributed by atoms with E-state index >= 15 is 0 Å². The first-order valence-electron chi connectivity index (χ1n) is 9.41. The fourth-order valence-corrected chi connectivity index (χ4v) is 5.91. The lowest BCUT2D eigenvalue weighted by Crippen LogP contribution is -2.48. The Morgan fingerprint density at radius 2 is 2.07 bits per heavy atom. The van der Waals surface area contributed by atoms with E-state index in [0.29, 0.717) is 12.2 Å². The molecule has 0 N–H and O–H groups in total. The van der Waals surface area contributed by atoms with Crippen molar-refractivity contribution in [3.8, 4) is 11.8 Å². The molecule has 27 heavy (non-hydrogen) atoms. The molecule has 2 aliphatic heterocycles. The second kappa shape index (κ2) is 6.65. The quantitative estimate of drug-likeness (QED) is 0.734. The average molecular weight is 377 g/mol. The third-order valence-corrected chi connectivity index (χ3v) is 7.44. The first kappa shape index (κ1) is 18.0. The predicted molar refractivity (Wildman–Crippen MR) is 113 cm³/mol. The van der Waals surface area contributed by atoms with Crippen molar-refractivity contribution in [1.29, 1.82) is 5.26 Å². The van der Waals surface area contributed by atoms with Crippen LogP contribution >= 0.6 is 11.8 Å². The molecule has 2 aromatic rings. The summed E-state index contributed by atoms with van der Waals surface area (Å²) in [6.07, 6.45) is 4.43. The zero-order chi connectivity index (χ0) is 19.1. The molecule has 0 aromatic heterocycles. The van der Waals surface area contributed by atoms with Gasteiger partial charge in [-0.1, -0.05) is 38.1 Å². The van der Waals surface area contributed by atoms with E-state index in [9.17, 15) is 5.26 Å².